The van der Waals surface area contributed by atoms with Crippen molar-refractivity contribution in [1.29, 1.82) is 0 Å². The molecule has 0 bridgehead atoms. The van der Waals surface area contributed by atoms with Gasteiger partial charge in [-0.1, -0.05) is 48.0 Å². The smallest absolute Gasteiger partial charge is 0.0614 e. The normalized spacial score (nSPS) is 11.8. The molecule has 0 unspecified atom stereocenters. The van der Waals surface area contributed by atoms with Gasteiger partial charge in [-0.05, 0) is 45.8 Å². The van der Waals surface area contributed by atoms with E-state index >= 15 is 0 Å². The summed E-state index contributed by atoms with van der Waals surface area (Å²) < 4.78 is 0.883. The summed E-state index contributed by atoms with van der Waals surface area (Å²) in [6.45, 7) is 0. The van der Waals surface area contributed by atoms with E-state index in [0.717, 1.165) is 15.7 Å². The van der Waals surface area contributed by atoms with Crippen molar-refractivity contribution in [3.05, 3.63) is 69.7 Å². The van der Waals surface area contributed by atoms with Gasteiger partial charge in [0, 0.05) is 9.51 Å². The van der Waals surface area contributed by atoms with E-state index in [-0.39, 0.29) is 0 Å². The van der Waals surface area contributed by atoms with Crippen LogP contribution in [0.4, 0.5) is 5.69 Å². The molecule has 0 heterocycles. The van der Waals surface area contributed by atoms with Gasteiger partial charge < -0.3 is 0 Å². The van der Waals surface area contributed by atoms with Gasteiger partial charge in [-0.25, -0.2) is 0 Å². The van der Waals surface area contributed by atoms with Crippen LogP contribution >= 0.6 is 27.5 Å². The highest BCUT2D eigenvalue weighted by molar-refractivity contribution is 9.12. The number of hydrogen-bond donors (Lipinski definition) is 1. The van der Waals surface area contributed by atoms with Gasteiger partial charge in [0.2, 0.25) is 0 Å². The van der Waals surface area contributed by atoms with Crippen LogP contribution in [0.25, 0.3) is 6.08 Å². The molecule has 0 aliphatic heterocycles. The van der Waals surface area contributed by atoms with E-state index in [2.05, 4.69) is 26.5 Å². The summed E-state index contributed by atoms with van der Waals surface area (Å²) in [5, 5.41) is 4.81. The Labute approximate surface area is 125 Å². The predicted molar refractivity (Wildman–Crippen MR) is 86.9 cm³/mol. The van der Waals surface area contributed by atoms with Crippen molar-refractivity contribution in [1.82, 2.24) is 0 Å². The molecule has 1 N–H and O–H groups in total. The van der Waals surface area contributed by atoms with Crippen molar-refractivity contribution >= 4 is 45.5 Å². The zero-order valence-electron chi connectivity index (χ0n) is 10.1. The minimum atomic E-state index is 0.680. The first kappa shape index (κ1) is 13.8. The third kappa shape index (κ3) is 4.89. The summed E-state index contributed by atoms with van der Waals surface area (Å²) in [6, 6.07) is 17.4. The first-order chi connectivity index (χ1) is 9.24. The van der Waals surface area contributed by atoms with Crippen molar-refractivity contribution in [2.75, 3.05) is 5.43 Å². The molecule has 0 saturated carbocycles. The number of benzene rings is 2. The first-order valence-electron chi connectivity index (χ1n) is 5.71. The summed E-state index contributed by atoms with van der Waals surface area (Å²) >= 11 is 9.33. The van der Waals surface area contributed by atoms with Crippen molar-refractivity contribution in [2.45, 2.75) is 0 Å². The zero-order valence-corrected chi connectivity index (χ0v) is 12.4. The molecular weight excluding hydrogens is 324 g/mol. The van der Waals surface area contributed by atoms with Crippen molar-refractivity contribution in [3.63, 3.8) is 0 Å². The van der Waals surface area contributed by atoms with Crippen molar-refractivity contribution in [3.8, 4) is 0 Å². The van der Waals surface area contributed by atoms with E-state index in [1.165, 1.54) is 0 Å². The molecule has 2 aromatic rings. The molecular formula is C15H12BrClN2. The van der Waals surface area contributed by atoms with E-state index in [4.69, 9.17) is 11.6 Å². The number of nitrogens with zero attached hydrogens (tertiary/aromatic N) is 1. The molecule has 2 rings (SSSR count). The highest BCUT2D eigenvalue weighted by Gasteiger charge is 1.91. The van der Waals surface area contributed by atoms with Crippen LogP contribution in [0, 0.1) is 0 Å². The number of hydrogen-bond acceptors (Lipinski definition) is 2. The molecule has 0 aromatic heterocycles. The third-order valence-electron chi connectivity index (χ3n) is 2.31. The fourth-order valence-electron chi connectivity index (χ4n) is 1.47. The maximum absolute atomic E-state index is 5.88. The quantitative estimate of drug-likeness (QED) is 0.604. The van der Waals surface area contributed by atoms with Crippen LogP contribution in [0.5, 0.6) is 0 Å². The Hall–Kier alpha value is -1.58. The molecule has 0 aliphatic rings. The molecule has 96 valence electrons. The Morgan fingerprint density at radius 3 is 2.63 bits per heavy atom. The van der Waals surface area contributed by atoms with E-state index in [1.807, 2.05) is 60.7 Å². The number of allylic oxidation sites excluding steroid dienone is 1. The minimum Gasteiger partial charge on any atom is -0.278 e. The lowest BCUT2D eigenvalue weighted by atomic mass is 10.2. The van der Waals surface area contributed by atoms with Crippen LogP contribution in [0.15, 0.2) is 64.2 Å². The van der Waals surface area contributed by atoms with Crippen LogP contribution in [-0.2, 0) is 0 Å². The van der Waals surface area contributed by atoms with Gasteiger partial charge in [-0.15, -0.1) is 0 Å². The highest BCUT2D eigenvalue weighted by atomic mass is 79.9. The summed E-state index contributed by atoms with van der Waals surface area (Å²) in [5.74, 6) is 0. The molecule has 2 aromatic carbocycles. The molecule has 0 fully saturated rings. The number of hydrazone groups is 1. The Bertz CT molecular complexity index is 594. The zero-order chi connectivity index (χ0) is 13.5. The van der Waals surface area contributed by atoms with Gasteiger partial charge in [0.15, 0.2) is 0 Å². The average molecular weight is 336 g/mol. The largest absolute Gasteiger partial charge is 0.278 e. The number of nitrogens with one attached hydrogen (secondary N) is 1. The third-order valence-corrected chi connectivity index (χ3v) is 2.98. The van der Waals surface area contributed by atoms with Gasteiger partial charge >= 0.3 is 0 Å². The second-order valence-corrected chi connectivity index (χ2v) is 5.17. The van der Waals surface area contributed by atoms with E-state index < -0.39 is 0 Å². The summed E-state index contributed by atoms with van der Waals surface area (Å²) in [6.07, 6.45) is 3.69. The number of halogens is 2. The minimum absolute atomic E-state index is 0.680. The fourth-order valence-corrected chi connectivity index (χ4v) is 2.03. The monoisotopic (exact) mass is 334 g/mol. The Morgan fingerprint density at radius 2 is 1.89 bits per heavy atom. The Balaban J connectivity index is 1.97. The van der Waals surface area contributed by atoms with Crippen molar-refractivity contribution in [2.24, 2.45) is 5.10 Å². The average Bonchev–Trinajstić information content (AvgIpc) is 2.40. The topological polar surface area (TPSA) is 24.4 Å². The number of anilines is 1. The second kappa shape index (κ2) is 7.12. The van der Waals surface area contributed by atoms with Crippen LogP contribution in [-0.4, -0.2) is 6.21 Å². The molecule has 4 heteroatoms. The summed E-state index contributed by atoms with van der Waals surface area (Å²) in [5.41, 5.74) is 4.88. The maximum Gasteiger partial charge on any atom is 0.0614 e. The molecule has 0 saturated heterocycles. The summed E-state index contributed by atoms with van der Waals surface area (Å²) in [4.78, 5) is 0. The molecule has 0 radical (unpaired) electrons. The fraction of sp³-hybridized carbons (Fsp3) is 0. The first-order valence-corrected chi connectivity index (χ1v) is 6.88. The summed E-state index contributed by atoms with van der Waals surface area (Å²) in [7, 11) is 0. The van der Waals surface area contributed by atoms with Crippen LogP contribution in [0.2, 0.25) is 5.02 Å². The maximum atomic E-state index is 5.88. The SMILES string of the molecule is Clc1cccc(NN=CC(Br)=Cc2ccccc2)c1. The lowest BCUT2D eigenvalue weighted by molar-refractivity contribution is 1.35. The van der Waals surface area contributed by atoms with Gasteiger partial charge in [-0.2, -0.15) is 5.10 Å². The Kier molecular flexibility index (Phi) is 5.19. The second-order valence-electron chi connectivity index (χ2n) is 3.82. The highest BCUT2D eigenvalue weighted by Crippen LogP contribution is 2.15. The molecule has 19 heavy (non-hydrogen) atoms. The molecule has 0 atom stereocenters. The van der Waals surface area contributed by atoms with E-state index in [1.54, 1.807) is 6.21 Å². The molecule has 0 aliphatic carbocycles. The standard InChI is InChI=1S/C15H12BrClN2/c16-13(9-12-5-2-1-3-6-12)11-18-19-15-8-4-7-14(17)10-15/h1-11,19H. The number of rotatable bonds is 4. The van der Waals surface area contributed by atoms with Crippen LogP contribution in [0.3, 0.4) is 0 Å². The van der Waals surface area contributed by atoms with Gasteiger partial charge in [0.05, 0.1) is 11.9 Å². The van der Waals surface area contributed by atoms with Crippen molar-refractivity contribution < 1.29 is 0 Å². The van der Waals surface area contributed by atoms with Gasteiger partial charge in [0.25, 0.3) is 0 Å². The molecule has 2 nitrogen and oxygen atoms in total. The van der Waals surface area contributed by atoms with Gasteiger partial charge in [0.1, 0.15) is 0 Å². The molecule has 0 spiro atoms. The predicted octanol–water partition coefficient (Wildman–Crippen LogP) is 5.17. The lowest BCUT2D eigenvalue weighted by Crippen LogP contribution is -1.88. The van der Waals surface area contributed by atoms with E-state index in [9.17, 15) is 0 Å². The van der Waals surface area contributed by atoms with Crippen LogP contribution in [0.1, 0.15) is 5.56 Å². The molecule has 0 amide bonds. The Morgan fingerprint density at radius 1 is 1.11 bits per heavy atom. The van der Waals surface area contributed by atoms with Crippen LogP contribution < -0.4 is 5.43 Å². The van der Waals surface area contributed by atoms with E-state index in [0.29, 0.717) is 5.02 Å². The lowest BCUT2D eigenvalue weighted by Gasteiger charge is -1.99. The van der Waals surface area contributed by atoms with Gasteiger partial charge in [-0.3, -0.25) is 5.43 Å².